The molecule has 0 aromatic carbocycles. The van der Waals surface area contributed by atoms with Crippen molar-refractivity contribution in [2.24, 2.45) is 0 Å². The number of β-amino-alcohol motifs (C(OH)–C–C–N with tert-alkyl or cyclic N) is 1. The lowest BCUT2D eigenvalue weighted by Gasteiger charge is -2.15. The average Bonchev–Trinajstić information content (AvgIpc) is 2.23. The molecule has 0 spiro atoms. The van der Waals surface area contributed by atoms with E-state index in [1.54, 1.807) is 0 Å². The van der Waals surface area contributed by atoms with Gasteiger partial charge >= 0.3 is 7.82 Å². The van der Waals surface area contributed by atoms with E-state index in [4.69, 9.17) is 16.3 Å². The van der Waals surface area contributed by atoms with Gasteiger partial charge in [0, 0.05) is 6.54 Å². The molecule has 5 N–H and O–H groups in total. The molecule has 3 atom stereocenters. The Kier molecular flexibility index (Phi) is 2.95. The van der Waals surface area contributed by atoms with E-state index in [2.05, 4.69) is 4.52 Å². The number of hydrogen-bond donors (Lipinski definition) is 5. The summed E-state index contributed by atoms with van der Waals surface area (Å²) in [5.74, 6) is 0. The highest BCUT2D eigenvalue weighted by molar-refractivity contribution is 7.46. The molecule has 0 unspecified atom stereocenters. The molecular weight excluding hydrogens is 201 g/mol. The van der Waals surface area contributed by atoms with E-state index in [1.165, 1.54) is 0 Å². The van der Waals surface area contributed by atoms with Crippen LogP contribution in [0.25, 0.3) is 0 Å². The molecule has 13 heavy (non-hydrogen) atoms. The van der Waals surface area contributed by atoms with E-state index in [9.17, 15) is 9.67 Å². The summed E-state index contributed by atoms with van der Waals surface area (Å²) in [4.78, 5) is 16.8. The topological polar surface area (TPSA) is 119 Å². The Morgan fingerprint density at radius 3 is 2.62 bits per heavy atom. The monoisotopic (exact) mass is 214 g/mol. The number of aliphatic hydroxyl groups is 2. The summed E-state index contributed by atoms with van der Waals surface area (Å²) in [6.45, 7) is -0.567. The highest BCUT2D eigenvalue weighted by Crippen LogP contribution is 2.36. The first-order valence-electron chi connectivity index (χ1n) is 4.08. The van der Waals surface area contributed by atoms with Gasteiger partial charge in [-0.1, -0.05) is 0 Å². The van der Waals surface area contributed by atoms with E-state index < -0.39 is 32.7 Å². The molecule has 1 fully saturated rings. The minimum absolute atomic E-state index is 0.0731. The van der Waals surface area contributed by atoms with Crippen molar-refractivity contribution in [3.8, 4) is 0 Å². The molecule has 0 saturated carbocycles. The van der Waals surface area contributed by atoms with Crippen molar-refractivity contribution in [1.29, 1.82) is 0 Å². The second-order valence-corrected chi connectivity index (χ2v) is 4.02. The standard InChI is InChI=1S/C5H12NO6P/c7-4-1-6-3(5(4)8)2-12-13(9,10)11/h3-8H,1-2H2,(H2,9,10,11)/t3-,4+,5-/m1/s1/i/hD. The molecule has 1 saturated heterocycles. The van der Waals surface area contributed by atoms with Gasteiger partial charge in [-0.15, -0.1) is 0 Å². The molecule has 1 aliphatic rings. The van der Waals surface area contributed by atoms with Crippen molar-refractivity contribution < 1.29 is 30.5 Å². The fourth-order valence-corrected chi connectivity index (χ4v) is 1.39. The van der Waals surface area contributed by atoms with Crippen molar-refractivity contribution in [2.45, 2.75) is 18.2 Å². The molecule has 0 aromatic heterocycles. The molecule has 1 aliphatic heterocycles. The Balaban J connectivity index is 2.48. The highest BCUT2D eigenvalue weighted by Gasteiger charge is 2.34. The minimum atomic E-state index is -4.59. The van der Waals surface area contributed by atoms with Crippen LogP contribution in [0.3, 0.4) is 0 Å². The number of rotatable bonds is 3. The molecule has 0 bridgehead atoms. The predicted molar refractivity (Wildman–Crippen MR) is 41.8 cm³/mol. The van der Waals surface area contributed by atoms with E-state index in [0.717, 1.165) is 5.31 Å². The lowest BCUT2D eigenvalue weighted by molar-refractivity contribution is 0.0289. The molecule has 0 radical (unpaired) electrons. The highest BCUT2D eigenvalue weighted by atomic mass is 31.2. The molecule has 78 valence electrons. The Hall–Kier alpha value is -0.0100. The third-order valence-electron chi connectivity index (χ3n) is 1.73. The van der Waals surface area contributed by atoms with Gasteiger partial charge in [0.25, 0.3) is 0 Å². The Morgan fingerprint density at radius 2 is 2.23 bits per heavy atom. The second-order valence-electron chi connectivity index (χ2n) is 2.78. The van der Waals surface area contributed by atoms with Crippen LogP contribution in [0.1, 0.15) is 0 Å². The van der Waals surface area contributed by atoms with Crippen molar-refractivity contribution in [2.75, 3.05) is 13.2 Å². The van der Waals surface area contributed by atoms with Crippen molar-refractivity contribution >= 4 is 7.82 Å². The van der Waals surface area contributed by atoms with Gasteiger partial charge in [0.15, 0.2) is 0 Å². The number of phosphoric ester groups is 1. The van der Waals surface area contributed by atoms with Crippen molar-refractivity contribution in [3.05, 3.63) is 0 Å². The maximum atomic E-state index is 10.3. The molecule has 0 aromatic rings. The van der Waals surface area contributed by atoms with Crippen LogP contribution in [0, 0.1) is 0 Å². The Morgan fingerprint density at radius 1 is 1.62 bits per heavy atom. The fraction of sp³-hybridized carbons (Fsp3) is 1.00. The van der Waals surface area contributed by atoms with E-state index in [0.29, 0.717) is 0 Å². The van der Waals surface area contributed by atoms with Crippen LogP contribution in [-0.4, -0.2) is 51.4 Å². The van der Waals surface area contributed by atoms with Crippen LogP contribution >= 0.6 is 7.82 Å². The van der Waals surface area contributed by atoms with Crippen LogP contribution in [0.2, 0.25) is 1.41 Å². The number of nitrogens with one attached hydrogen (secondary N) is 1. The van der Waals surface area contributed by atoms with E-state index in [1.807, 2.05) is 0 Å². The first kappa shape index (κ1) is 9.54. The first-order valence-corrected chi connectivity index (χ1v) is 5.16. The summed E-state index contributed by atoms with van der Waals surface area (Å²) in [5, 5.41) is 19.2. The summed E-state index contributed by atoms with van der Waals surface area (Å²) in [7, 11) is -4.59. The van der Waals surface area contributed by atoms with E-state index >= 15 is 0 Å². The van der Waals surface area contributed by atoms with Crippen LogP contribution in [0.5, 0.6) is 0 Å². The molecule has 0 aliphatic carbocycles. The summed E-state index contributed by atoms with van der Waals surface area (Å²) >= 11 is 0. The third kappa shape index (κ3) is 3.32. The largest absolute Gasteiger partial charge is 0.469 e. The minimum Gasteiger partial charge on any atom is -0.389 e. The van der Waals surface area contributed by atoms with Gasteiger partial charge in [0.2, 0.25) is 0 Å². The maximum absolute atomic E-state index is 10.3. The number of hydrogen-bond acceptors (Lipinski definition) is 5. The Labute approximate surface area is 76.0 Å². The molecular formula is C5H12NO6P. The molecule has 1 heterocycles. The van der Waals surface area contributed by atoms with Gasteiger partial charge in [-0.05, 0) is 0 Å². The Bertz CT molecular complexity index is 246. The first-order chi connectivity index (χ1) is 6.31. The SMILES string of the molecule is [2H]N1C[C@H](O)[C@H](O)[C@H]1COP(=O)(O)O. The van der Waals surface area contributed by atoms with Gasteiger partial charge in [-0.3, -0.25) is 4.52 Å². The number of aliphatic hydroxyl groups excluding tert-OH is 2. The second kappa shape index (κ2) is 4.02. The van der Waals surface area contributed by atoms with Crippen LogP contribution in [-0.2, 0) is 9.09 Å². The molecule has 1 rings (SSSR count). The average molecular weight is 214 g/mol. The van der Waals surface area contributed by atoms with Crippen LogP contribution in [0.15, 0.2) is 0 Å². The summed E-state index contributed by atoms with van der Waals surface area (Å²) in [6, 6.07) is -0.919. The zero-order valence-corrected chi connectivity index (χ0v) is 7.54. The van der Waals surface area contributed by atoms with Crippen molar-refractivity contribution in [3.63, 3.8) is 0 Å². The maximum Gasteiger partial charge on any atom is 0.469 e. The third-order valence-corrected chi connectivity index (χ3v) is 2.21. The zero-order valence-electron chi connectivity index (χ0n) is 7.65. The van der Waals surface area contributed by atoms with Gasteiger partial charge in [-0.25, -0.2) is 4.57 Å². The lowest BCUT2D eigenvalue weighted by Crippen LogP contribution is -2.36. The van der Waals surface area contributed by atoms with Gasteiger partial charge in [0.1, 0.15) is 1.41 Å². The smallest absolute Gasteiger partial charge is 0.389 e. The molecule has 8 heteroatoms. The van der Waals surface area contributed by atoms with Crippen LogP contribution in [0.4, 0.5) is 0 Å². The van der Waals surface area contributed by atoms with Gasteiger partial charge in [-0.2, -0.15) is 0 Å². The predicted octanol–water partition coefficient (Wildman–Crippen LogP) is -2.21. The van der Waals surface area contributed by atoms with Crippen LogP contribution < -0.4 is 5.31 Å². The van der Waals surface area contributed by atoms with Crippen molar-refractivity contribution in [1.82, 2.24) is 5.31 Å². The molecule has 0 amide bonds. The number of phosphoric acid groups is 1. The summed E-state index contributed by atoms with van der Waals surface area (Å²) in [5.41, 5.74) is 0. The molecule has 7 nitrogen and oxygen atoms in total. The summed E-state index contributed by atoms with van der Waals surface area (Å²) < 4.78 is 21.7. The zero-order chi connectivity index (χ0) is 10.9. The normalized spacial score (nSPS) is 37.8. The quantitative estimate of drug-likeness (QED) is 0.338. The van der Waals surface area contributed by atoms with E-state index in [-0.39, 0.29) is 6.54 Å². The van der Waals surface area contributed by atoms with Gasteiger partial charge < -0.3 is 25.3 Å². The fourth-order valence-electron chi connectivity index (χ4n) is 1.04. The van der Waals surface area contributed by atoms with Gasteiger partial charge in [0.05, 0.1) is 24.9 Å². The lowest BCUT2D eigenvalue weighted by atomic mass is 10.1. The summed E-state index contributed by atoms with van der Waals surface area (Å²) in [6.07, 6.45) is -2.31.